The van der Waals surface area contributed by atoms with Crippen molar-refractivity contribution in [3.8, 4) is 17.1 Å². The maximum absolute atomic E-state index is 12.9. The average molecular weight is 405 g/mol. The number of carbonyl (C=O) groups excluding carboxylic acids is 1. The predicted molar refractivity (Wildman–Crippen MR) is 114 cm³/mol. The fourth-order valence-electron chi connectivity index (χ4n) is 4.00. The quantitative estimate of drug-likeness (QED) is 0.586. The van der Waals surface area contributed by atoms with Crippen LogP contribution < -0.4 is 4.74 Å². The molecule has 1 atom stereocenters. The van der Waals surface area contributed by atoms with Gasteiger partial charge in [0.25, 0.3) is 0 Å². The molecule has 4 rings (SSSR count). The number of ether oxygens (including phenoxy) is 1. The van der Waals surface area contributed by atoms with Crippen molar-refractivity contribution in [3.63, 3.8) is 0 Å². The third-order valence-electron chi connectivity index (χ3n) is 5.63. The molecule has 3 aromatic rings. The summed E-state index contributed by atoms with van der Waals surface area (Å²) in [6.45, 7) is 0.831. The number of nitrogens with zero attached hydrogens (tertiary/aromatic N) is 3. The second-order valence-electron chi connectivity index (χ2n) is 7.67. The van der Waals surface area contributed by atoms with Gasteiger partial charge >= 0.3 is 0 Å². The van der Waals surface area contributed by atoms with E-state index in [4.69, 9.17) is 9.26 Å². The summed E-state index contributed by atoms with van der Waals surface area (Å²) >= 11 is 0. The van der Waals surface area contributed by atoms with Gasteiger partial charge < -0.3 is 14.2 Å². The predicted octanol–water partition coefficient (Wildman–Crippen LogP) is 4.30. The van der Waals surface area contributed by atoms with Crippen molar-refractivity contribution in [3.05, 3.63) is 66.1 Å². The van der Waals surface area contributed by atoms with E-state index >= 15 is 0 Å². The Morgan fingerprint density at radius 2 is 1.93 bits per heavy atom. The molecule has 0 saturated carbocycles. The van der Waals surface area contributed by atoms with Crippen LogP contribution in [0.15, 0.2) is 59.1 Å². The molecule has 1 unspecified atom stereocenters. The highest BCUT2D eigenvalue weighted by molar-refractivity contribution is 5.76. The summed E-state index contributed by atoms with van der Waals surface area (Å²) < 4.78 is 10.5. The summed E-state index contributed by atoms with van der Waals surface area (Å²) in [6.07, 6.45) is 5.05. The first kappa shape index (κ1) is 20.1. The lowest BCUT2D eigenvalue weighted by Crippen LogP contribution is -2.45. The maximum atomic E-state index is 12.9. The van der Waals surface area contributed by atoms with Crippen LogP contribution in [0.1, 0.15) is 37.1 Å². The largest absolute Gasteiger partial charge is 0.497 e. The Bertz CT molecular complexity index is 953. The number of hydrogen-bond acceptors (Lipinski definition) is 5. The highest BCUT2D eigenvalue weighted by Crippen LogP contribution is 2.23. The number of hydrogen-bond donors (Lipinski definition) is 0. The van der Waals surface area contributed by atoms with E-state index in [1.54, 1.807) is 7.11 Å². The van der Waals surface area contributed by atoms with Gasteiger partial charge in [-0.1, -0.05) is 35.5 Å². The second kappa shape index (κ2) is 9.57. The lowest BCUT2D eigenvalue weighted by molar-refractivity contribution is -0.134. The molecule has 2 aromatic carbocycles. The van der Waals surface area contributed by atoms with Crippen LogP contribution in [0, 0.1) is 0 Å². The van der Waals surface area contributed by atoms with E-state index in [-0.39, 0.29) is 11.9 Å². The van der Waals surface area contributed by atoms with Crippen molar-refractivity contribution in [2.24, 2.45) is 0 Å². The number of amides is 1. The van der Waals surface area contributed by atoms with E-state index < -0.39 is 0 Å². The van der Waals surface area contributed by atoms with Crippen LogP contribution in [-0.2, 0) is 17.6 Å². The minimum absolute atomic E-state index is 0.167. The van der Waals surface area contributed by atoms with Gasteiger partial charge in [0.1, 0.15) is 5.75 Å². The number of benzene rings is 2. The molecule has 0 spiro atoms. The zero-order valence-corrected chi connectivity index (χ0v) is 17.3. The van der Waals surface area contributed by atoms with E-state index in [9.17, 15) is 4.79 Å². The van der Waals surface area contributed by atoms with Gasteiger partial charge in [-0.05, 0) is 55.5 Å². The molecule has 156 valence electrons. The normalized spacial score (nSPS) is 16.4. The van der Waals surface area contributed by atoms with E-state index in [0.29, 0.717) is 24.6 Å². The molecule has 0 aliphatic carbocycles. The number of aromatic nitrogens is 2. The molecular formula is C24H27N3O3. The van der Waals surface area contributed by atoms with Crippen molar-refractivity contribution in [2.75, 3.05) is 13.7 Å². The van der Waals surface area contributed by atoms with Crippen molar-refractivity contribution >= 4 is 5.91 Å². The number of piperidine rings is 1. The van der Waals surface area contributed by atoms with Gasteiger partial charge in [0, 0.05) is 31.0 Å². The van der Waals surface area contributed by atoms with Crippen molar-refractivity contribution < 1.29 is 14.1 Å². The molecule has 0 bridgehead atoms. The molecule has 1 aromatic heterocycles. The van der Waals surface area contributed by atoms with Crippen molar-refractivity contribution in [1.29, 1.82) is 0 Å². The molecule has 0 N–H and O–H groups in total. The summed E-state index contributed by atoms with van der Waals surface area (Å²) in [5, 5.41) is 4.05. The summed E-state index contributed by atoms with van der Waals surface area (Å²) in [5.41, 5.74) is 2.14. The Morgan fingerprint density at radius 3 is 2.70 bits per heavy atom. The lowest BCUT2D eigenvalue weighted by atomic mass is 9.95. The molecule has 1 aliphatic rings. The van der Waals surface area contributed by atoms with Crippen LogP contribution >= 0.6 is 0 Å². The molecule has 1 aliphatic heterocycles. The number of methoxy groups -OCH3 is 1. The smallest absolute Gasteiger partial charge is 0.227 e. The van der Waals surface area contributed by atoms with Crippen LogP contribution in [0.25, 0.3) is 11.4 Å². The molecule has 30 heavy (non-hydrogen) atoms. The van der Waals surface area contributed by atoms with Gasteiger partial charge in [0.2, 0.25) is 17.6 Å². The average Bonchev–Trinajstić information content (AvgIpc) is 3.28. The molecule has 1 amide bonds. The minimum Gasteiger partial charge on any atom is -0.497 e. The molecule has 1 saturated heterocycles. The van der Waals surface area contributed by atoms with Crippen LogP contribution in [-0.4, -0.2) is 40.6 Å². The summed E-state index contributed by atoms with van der Waals surface area (Å²) in [7, 11) is 1.63. The molecule has 1 fully saturated rings. The Morgan fingerprint density at radius 1 is 1.13 bits per heavy atom. The van der Waals surface area contributed by atoms with E-state index in [1.807, 2.05) is 30.3 Å². The topological polar surface area (TPSA) is 68.5 Å². The molecule has 0 radical (unpaired) electrons. The minimum atomic E-state index is 0.167. The molecule has 6 nitrogen and oxygen atoms in total. The first-order valence-electron chi connectivity index (χ1n) is 10.5. The number of rotatable bonds is 7. The third kappa shape index (κ3) is 4.87. The second-order valence-corrected chi connectivity index (χ2v) is 7.67. The molecule has 6 heteroatoms. The standard InChI is InChI=1S/C24H27N3O3/c1-29-21-12-10-19(11-13-21)24-25-22(30-26-24)14-15-23(28)27-16-6-5-9-20(27)17-18-7-3-2-4-8-18/h2-4,7-8,10-13,20H,5-6,9,14-17H2,1H3. The molecule has 2 heterocycles. The number of carbonyl (C=O) groups is 1. The van der Waals surface area contributed by atoms with E-state index in [0.717, 1.165) is 37.1 Å². The first-order chi connectivity index (χ1) is 14.7. The Kier molecular flexibility index (Phi) is 6.42. The molecular weight excluding hydrogens is 378 g/mol. The van der Waals surface area contributed by atoms with Gasteiger partial charge in [-0.2, -0.15) is 4.98 Å². The summed E-state index contributed by atoms with van der Waals surface area (Å²) in [4.78, 5) is 19.4. The van der Waals surface area contributed by atoms with Gasteiger partial charge in [-0.15, -0.1) is 0 Å². The fourth-order valence-corrected chi connectivity index (χ4v) is 4.00. The Labute approximate surface area is 176 Å². The van der Waals surface area contributed by atoms with Crippen LogP contribution in [0.2, 0.25) is 0 Å². The zero-order chi connectivity index (χ0) is 20.8. The number of likely N-dealkylation sites (tertiary alicyclic amines) is 1. The van der Waals surface area contributed by atoms with Gasteiger partial charge in [0.05, 0.1) is 7.11 Å². The van der Waals surface area contributed by atoms with Crippen LogP contribution in [0.4, 0.5) is 0 Å². The Balaban J connectivity index is 1.35. The van der Waals surface area contributed by atoms with Gasteiger partial charge in [0.15, 0.2) is 0 Å². The summed E-state index contributed by atoms with van der Waals surface area (Å²) in [6, 6.07) is 18.2. The van der Waals surface area contributed by atoms with E-state index in [1.165, 1.54) is 12.0 Å². The maximum Gasteiger partial charge on any atom is 0.227 e. The van der Waals surface area contributed by atoms with Crippen molar-refractivity contribution in [1.82, 2.24) is 15.0 Å². The van der Waals surface area contributed by atoms with Crippen LogP contribution in [0.3, 0.4) is 0 Å². The highest BCUT2D eigenvalue weighted by Gasteiger charge is 2.27. The lowest BCUT2D eigenvalue weighted by Gasteiger charge is -2.36. The monoisotopic (exact) mass is 405 g/mol. The van der Waals surface area contributed by atoms with Gasteiger partial charge in [-0.3, -0.25) is 4.79 Å². The van der Waals surface area contributed by atoms with E-state index in [2.05, 4.69) is 39.3 Å². The highest BCUT2D eigenvalue weighted by atomic mass is 16.5. The van der Waals surface area contributed by atoms with Crippen molar-refractivity contribution in [2.45, 2.75) is 44.6 Å². The fraction of sp³-hybridized carbons (Fsp3) is 0.375. The summed E-state index contributed by atoms with van der Waals surface area (Å²) in [5.74, 6) is 1.96. The van der Waals surface area contributed by atoms with Crippen LogP contribution in [0.5, 0.6) is 5.75 Å². The Hall–Kier alpha value is -3.15. The van der Waals surface area contributed by atoms with Gasteiger partial charge in [-0.25, -0.2) is 0 Å². The zero-order valence-electron chi connectivity index (χ0n) is 17.3. The number of aryl methyl sites for hydroxylation is 1. The first-order valence-corrected chi connectivity index (χ1v) is 10.5. The SMILES string of the molecule is COc1ccc(-c2noc(CCC(=O)N3CCCCC3Cc3ccccc3)n2)cc1. The third-order valence-corrected chi connectivity index (χ3v) is 5.63.